The van der Waals surface area contributed by atoms with Gasteiger partial charge in [-0.1, -0.05) is 0 Å². The summed E-state index contributed by atoms with van der Waals surface area (Å²) in [6, 6.07) is 5.87. The van der Waals surface area contributed by atoms with Crippen LogP contribution in [0.15, 0.2) is 47.5 Å². The summed E-state index contributed by atoms with van der Waals surface area (Å²) in [6.45, 7) is 3.88. The first kappa shape index (κ1) is 18.2. The molecule has 0 radical (unpaired) electrons. The third-order valence-electron chi connectivity index (χ3n) is 6.50. The fourth-order valence-corrected chi connectivity index (χ4v) is 5.42. The van der Waals surface area contributed by atoms with Gasteiger partial charge in [0, 0.05) is 57.5 Å². The van der Waals surface area contributed by atoms with E-state index in [-0.39, 0.29) is 11.8 Å². The van der Waals surface area contributed by atoms with E-state index in [1.54, 1.807) is 18.4 Å². The number of rotatable bonds is 4. The molecule has 0 saturated carbocycles. The van der Waals surface area contributed by atoms with Crippen LogP contribution in [-0.2, 0) is 11.7 Å². The lowest BCUT2D eigenvalue weighted by atomic mass is 9.94. The Morgan fingerprint density at radius 1 is 1.24 bits per heavy atom. The van der Waals surface area contributed by atoms with Crippen molar-refractivity contribution < 1.29 is 18.3 Å². The van der Waals surface area contributed by atoms with Crippen LogP contribution in [0.4, 0.5) is 0 Å². The molecule has 6 rings (SSSR count). The molecule has 0 amide bonds. The molecule has 4 aromatic rings. The van der Waals surface area contributed by atoms with Gasteiger partial charge in [-0.3, -0.25) is 9.58 Å². The first-order valence-electron chi connectivity index (χ1n) is 12.6. The van der Waals surface area contributed by atoms with Crippen molar-refractivity contribution in [2.75, 3.05) is 26.9 Å². The van der Waals surface area contributed by atoms with Crippen LogP contribution in [-0.4, -0.2) is 56.9 Å². The maximum atomic E-state index is 7.69. The largest absolute Gasteiger partial charge is 0.496 e. The highest BCUT2D eigenvalue weighted by Gasteiger charge is 2.42. The summed E-state index contributed by atoms with van der Waals surface area (Å²) >= 11 is 1.61. The zero-order chi connectivity index (χ0) is 25.9. The Labute approximate surface area is 206 Å². The minimum atomic E-state index is -2.37. The van der Waals surface area contributed by atoms with Crippen LogP contribution in [0.1, 0.15) is 29.8 Å². The van der Waals surface area contributed by atoms with Crippen molar-refractivity contribution in [3.63, 3.8) is 0 Å². The quantitative estimate of drug-likeness (QED) is 0.428. The van der Waals surface area contributed by atoms with E-state index >= 15 is 0 Å². The molecule has 8 nitrogen and oxygen atoms in total. The van der Waals surface area contributed by atoms with Gasteiger partial charge in [0.25, 0.3) is 0 Å². The average Bonchev–Trinajstić information content (AvgIpc) is 3.62. The van der Waals surface area contributed by atoms with Crippen molar-refractivity contribution in [1.29, 1.82) is 0 Å². The summed E-state index contributed by atoms with van der Waals surface area (Å²) in [7, 11) is 1.59. The van der Waals surface area contributed by atoms with Crippen molar-refractivity contribution >= 4 is 11.3 Å². The molecule has 176 valence electrons. The zero-order valence-corrected chi connectivity index (χ0v) is 20.0. The molecule has 2 aliphatic rings. The molecule has 0 spiro atoms. The third-order valence-corrected chi connectivity index (χ3v) is 7.17. The number of morpholine rings is 1. The highest BCUT2D eigenvalue weighted by atomic mass is 32.1. The molecule has 1 saturated heterocycles. The van der Waals surface area contributed by atoms with Crippen LogP contribution < -0.4 is 9.47 Å². The first-order chi connectivity index (χ1) is 17.7. The minimum Gasteiger partial charge on any atom is -0.496 e. The molecule has 1 unspecified atom stereocenters. The highest BCUT2D eigenvalue weighted by molar-refractivity contribution is 7.08. The normalized spacial score (nSPS) is 21.0. The van der Waals surface area contributed by atoms with E-state index in [1.807, 2.05) is 34.5 Å². The molecule has 9 heteroatoms. The molecule has 3 aromatic heterocycles. The molecule has 1 aromatic carbocycles. The van der Waals surface area contributed by atoms with Crippen LogP contribution >= 0.6 is 11.3 Å². The van der Waals surface area contributed by atoms with E-state index in [2.05, 4.69) is 29.2 Å². The number of fused-ring (bicyclic) bond motifs is 3. The second-order valence-electron chi connectivity index (χ2n) is 9.09. The number of methoxy groups -OCH3 is 1. The Hall–Kier alpha value is -3.14. The maximum Gasteiger partial charge on any atom is 0.183 e. The fourth-order valence-electron chi connectivity index (χ4n) is 4.81. The van der Waals surface area contributed by atoms with Crippen molar-refractivity contribution in [3.05, 3.63) is 53.1 Å². The molecule has 0 aliphatic carbocycles. The number of nitrogens with zero attached hydrogens (tertiary/aromatic N) is 5. The van der Waals surface area contributed by atoms with E-state index in [0.717, 1.165) is 39.3 Å². The van der Waals surface area contributed by atoms with Gasteiger partial charge in [0.05, 0.1) is 49.7 Å². The molecule has 1 fully saturated rings. The Bertz CT molecular complexity index is 1440. The zero-order valence-electron chi connectivity index (χ0n) is 22.2. The van der Waals surface area contributed by atoms with E-state index in [4.69, 9.17) is 23.4 Å². The molecule has 0 N–H and O–H groups in total. The summed E-state index contributed by atoms with van der Waals surface area (Å²) in [4.78, 5) is 2.32. The highest BCUT2D eigenvalue weighted by Crippen LogP contribution is 2.49. The van der Waals surface area contributed by atoms with E-state index in [0.29, 0.717) is 30.3 Å². The minimum absolute atomic E-state index is 0.240. The number of hydrogen-bond acceptors (Lipinski definition) is 7. The van der Waals surface area contributed by atoms with Gasteiger partial charge in [-0.25, -0.2) is 4.68 Å². The SMILES string of the molecule is [2H]C([2H])([2H])n1cc(-c2cc3c(cc2OC)OC(N2CCOCC2(C)C)c2cnn(-c4ccsc4)c2-3)cn1. The number of hydrogen-bond donors (Lipinski definition) is 0. The third kappa shape index (κ3) is 3.34. The number of aromatic nitrogens is 4. The molecular formula is C25H27N5O3S. The van der Waals surface area contributed by atoms with Gasteiger partial charge < -0.3 is 14.2 Å². The van der Waals surface area contributed by atoms with Gasteiger partial charge in [0.1, 0.15) is 11.5 Å². The topological polar surface area (TPSA) is 66.6 Å². The molecule has 2 aliphatic heterocycles. The van der Waals surface area contributed by atoms with Crippen molar-refractivity contribution in [2.45, 2.75) is 25.6 Å². The lowest BCUT2D eigenvalue weighted by molar-refractivity contribution is -0.122. The van der Waals surface area contributed by atoms with Crippen LogP contribution in [0.3, 0.4) is 0 Å². The number of thiophene rings is 1. The number of benzene rings is 1. The number of aryl methyl sites for hydroxylation is 1. The molecule has 1 atom stereocenters. The first-order valence-corrected chi connectivity index (χ1v) is 12.0. The molecular weight excluding hydrogens is 450 g/mol. The predicted molar refractivity (Wildman–Crippen MR) is 131 cm³/mol. The molecule has 0 bridgehead atoms. The molecule has 34 heavy (non-hydrogen) atoms. The van der Waals surface area contributed by atoms with Crippen LogP contribution in [0.5, 0.6) is 11.5 Å². The maximum absolute atomic E-state index is 7.69. The van der Waals surface area contributed by atoms with Crippen LogP contribution in [0.25, 0.3) is 28.1 Å². The van der Waals surface area contributed by atoms with Crippen LogP contribution in [0.2, 0.25) is 0 Å². The second kappa shape index (κ2) is 7.97. The number of ether oxygens (including phenoxy) is 3. The lowest BCUT2D eigenvalue weighted by Crippen LogP contribution is -2.55. The average molecular weight is 481 g/mol. The van der Waals surface area contributed by atoms with Crippen LogP contribution in [0, 0.1) is 0 Å². The summed E-state index contributed by atoms with van der Waals surface area (Å²) in [5, 5.41) is 12.9. The van der Waals surface area contributed by atoms with Gasteiger partial charge in [-0.05, 0) is 31.4 Å². The summed E-state index contributed by atoms with van der Waals surface area (Å²) < 4.78 is 44.2. The van der Waals surface area contributed by atoms with E-state index in [9.17, 15) is 0 Å². The van der Waals surface area contributed by atoms with Gasteiger partial charge >= 0.3 is 0 Å². The Balaban J connectivity index is 1.54. The Morgan fingerprint density at radius 3 is 2.88 bits per heavy atom. The summed E-state index contributed by atoms with van der Waals surface area (Å²) in [5.74, 6) is 1.23. The fraction of sp³-hybridized carbons (Fsp3) is 0.360. The van der Waals surface area contributed by atoms with Crippen molar-refractivity contribution in [2.24, 2.45) is 6.98 Å². The van der Waals surface area contributed by atoms with Crippen molar-refractivity contribution in [3.8, 4) is 39.6 Å². The molecule has 5 heterocycles. The van der Waals surface area contributed by atoms with E-state index in [1.165, 1.54) is 12.4 Å². The summed E-state index contributed by atoms with van der Waals surface area (Å²) in [6.07, 6.45) is 4.57. The lowest BCUT2D eigenvalue weighted by Gasteiger charge is -2.47. The predicted octanol–water partition coefficient (Wildman–Crippen LogP) is 4.51. The second-order valence-corrected chi connectivity index (χ2v) is 9.87. The summed E-state index contributed by atoms with van der Waals surface area (Å²) in [5.41, 5.74) is 4.81. The van der Waals surface area contributed by atoms with Gasteiger partial charge in [0.2, 0.25) is 0 Å². The monoisotopic (exact) mass is 480 g/mol. The van der Waals surface area contributed by atoms with Gasteiger partial charge in [-0.15, -0.1) is 0 Å². The van der Waals surface area contributed by atoms with Gasteiger partial charge in [0.15, 0.2) is 6.23 Å². The Morgan fingerprint density at radius 2 is 2.15 bits per heavy atom. The standard InChI is InChI=1S/C25H27N5O3S/c1-25(2)15-32-7-6-29(25)24-20-12-27-30(17-5-8-34-14-17)23(20)19-9-18(16-11-26-28(3)13-16)21(31-4)10-22(19)33-24/h5,8-14,24H,6-7,15H2,1-4H3/i3D3. The Kier molecular flexibility index (Phi) is 4.27. The van der Waals surface area contributed by atoms with Crippen molar-refractivity contribution in [1.82, 2.24) is 24.5 Å². The van der Waals surface area contributed by atoms with Gasteiger partial charge in [-0.2, -0.15) is 21.5 Å². The smallest absolute Gasteiger partial charge is 0.183 e. The van der Waals surface area contributed by atoms with E-state index < -0.39 is 6.98 Å².